The molecule has 0 bridgehead atoms. The summed E-state index contributed by atoms with van der Waals surface area (Å²) >= 11 is 1.66. The van der Waals surface area contributed by atoms with Crippen LogP contribution in [-0.2, 0) is 12.7 Å². The van der Waals surface area contributed by atoms with Crippen LogP contribution in [0.2, 0.25) is 0 Å². The molecule has 0 saturated carbocycles. The Morgan fingerprint density at radius 1 is 1.04 bits per heavy atom. The SMILES string of the molecule is O=C(c1ccc(C(F)(F)F)cc1)N1CCN(Cc2ccsc2)CC1. The van der Waals surface area contributed by atoms with Crippen molar-refractivity contribution in [1.29, 1.82) is 0 Å². The molecule has 1 saturated heterocycles. The van der Waals surface area contributed by atoms with Gasteiger partial charge in [0.25, 0.3) is 5.91 Å². The van der Waals surface area contributed by atoms with Crippen molar-refractivity contribution >= 4 is 17.2 Å². The predicted octanol–water partition coefficient (Wildman–Crippen LogP) is 3.72. The molecule has 2 aromatic rings. The number of carbonyl (C=O) groups excluding carboxylic acids is 1. The zero-order chi connectivity index (χ0) is 17.2. The summed E-state index contributed by atoms with van der Waals surface area (Å²) in [4.78, 5) is 16.4. The van der Waals surface area contributed by atoms with Gasteiger partial charge in [0, 0.05) is 38.3 Å². The van der Waals surface area contributed by atoms with Crippen molar-refractivity contribution in [2.24, 2.45) is 0 Å². The highest BCUT2D eigenvalue weighted by Gasteiger charge is 2.30. The summed E-state index contributed by atoms with van der Waals surface area (Å²) in [5.41, 5.74) is 0.830. The van der Waals surface area contributed by atoms with Crippen LogP contribution in [0.25, 0.3) is 0 Å². The monoisotopic (exact) mass is 354 g/mol. The molecule has 1 aromatic heterocycles. The fourth-order valence-corrected chi connectivity index (χ4v) is 3.39. The molecule has 0 spiro atoms. The van der Waals surface area contributed by atoms with Gasteiger partial charge < -0.3 is 4.90 Å². The van der Waals surface area contributed by atoms with Crippen LogP contribution in [-0.4, -0.2) is 41.9 Å². The standard InChI is InChI=1S/C17H17F3N2OS/c18-17(19,20)15-3-1-14(2-4-15)16(23)22-8-6-21(7-9-22)11-13-5-10-24-12-13/h1-5,10,12H,6-9,11H2. The zero-order valence-corrected chi connectivity index (χ0v) is 13.7. The molecule has 3 nitrogen and oxygen atoms in total. The molecule has 1 aromatic carbocycles. The van der Waals surface area contributed by atoms with E-state index < -0.39 is 11.7 Å². The summed E-state index contributed by atoms with van der Waals surface area (Å²) in [5, 5.41) is 4.15. The maximum atomic E-state index is 12.6. The third kappa shape index (κ3) is 3.96. The largest absolute Gasteiger partial charge is 0.416 e. The highest BCUT2D eigenvalue weighted by Crippen LogP contribution is 2.29. The Labute approximate surface area is 142 Å². The molecular formula is C17H17F3N2OS. The third-order valence-electron chi connectivity index (χ3n) is 4.10. The van der Waals surface area contributed by atoms with Crippen molar-refractivity contribution in [2.75, 3.05) is 26.2 Å². The fraction of sp³-hybridized carbons (Fsp3) is 0.353. The molecule has 1 amide bonds. The first-order valence-corrected chi connectivity index (χ1v) is 8.58. The molecule has 3 rings (SSSR count). The summed E-state index contributed by atoms with van der Waals surface area (Å²) in [6.45, 7) is 3.57. The summed E-state index contributed by atoms with van der Waals surface area (Å²) in [7, 11) is 0. The van der Waals surface area contributed by atoms with Crippen molar-refractivity contribution in [2.45, 2.75) is 12.7 Å². The lowest BCUT2D eigenvalue weighted by molar-refractivity contribution is -0.137. The van der Waals surface area contributed by atoms with Gasteiger partial charge in [-0.1, -0.05) is 0 Å². The number of hydrogen-bond acceptors (Lipinski definition) is 3. The second kappa shape index (κ2) is 6.94. The number of piperazine rings is 1. The van der Waals surface area contributed by atoms with Gasteiger partial charge in [-0.2, -0.15) is 24.5 Å². The summed E-state index contributed by atoms with van der Waals surface area (Å²) in [5.74, 6) is -0.209. The first-order valence-electron chi connectivity index (χ1n) is 7.63. The summed E-state index contributed by atoms with van der Waals surface area (Å²) in [6, 6.07) is 6.51. The van der Waals surface area contributed by atoms with Crippen molar-refractivity contribution in [3.8, 4) is 0 Å². The quantitative estimate of drug-likeness (QED) is 0.839. The van der Waals surface area contributed by atoms with E-state index in [1.807, 2.05) is 5.38 Å². The van der Waals surface area contributed by atoms with Gasteiger partial charge in [0.2, 0.25) is 0 Å². The minimum atomic E-state index is -4.38. The maximum absolute atomic E-state index is 12.6. The molecule has 0 radical (unpaired) electrons. The van der Waals surface area contributed by atoms with Crippen LogP contribution in [0.3, 0.4) is 0 Å². The predicted molar refractivity (Wildman–Crippen MR) is 86.9 cm³/mol. The Bertz CT molecular complexity index is 675. The van der Waals surface area contributed by atoms with Crippen molar-refractivity contribution < 1.29 is 18.0 Å². The van der Waals surface area contributed by atoms with Crippen LogP contribution in [0, 0.1) is 0 Å². The Kier molecular flexibility index (Phi) is 4.91. The van der Waals surface area contributed by atoms with E-state index in [-0.39, 0.29) is 5.91 Å². The summed E-state index contributed by atoms with van der Waals surface area (Å²) < 4.78 is 37.7. The maximum Gasteiger partial charge on any atom is 0.416 e. The highest BCUT2D eigenvalue weighted by atomic mass is 32.1. The average molecular weight is 354 g/mol. The molecule has 0 atom stereocenters. The lowest BCUT2D eigenvalue weighted by Crippen LogP contribution is -2.48. The van der Waals surface area contributed by atoms with Gasteiger partial charge in [-0.05, 0) is 46.7 Å². The average Bonchev–Trinajstić information content (AvgIpc) is 3.07. The Hall–Kier alpha value is -1.86. The highest BCUT2D eigenvalue weighted by molar-refractivity contribution is 7.07. The number of thiophene rings is 1. The second-order valence-corrected chi connectivity index (χ2v) is 6.56. The van der Waals surface area contributed by atoms with E-state index in [0.29, 0.717) is 18.7 Å². The van der Waals surface area contributed by atoms with E-state index in [1.54, 1.807) is 16.2 Å². The molecule has 128 valence electrons. The first-order chi connectivity index (χ1) is 11.4. The number of benzene rings is 1. The van der Waals surface area contributed by atoms with E-state index in [2.05, 4.69) is 16.3 Å². The normalized spacial score (nSPS) is 16.4. The lowest BCUT2D eigenvalue weighted by Gasteiger charge is -2.34. The molecule has 0 N–H and O–H groups in total. The van der Waals surface area contributed by atoms with Crippen LogP contribution >= 0.6 is 11.3 Å². The minimum absolute atomic E-state index is 0.209. The van der Waals surface area contributed by atoms with E-state index in [0.717, 1.165) is 31.8 Å². The molecule has 1 aliphatic heterocycles. The fourth-order valence-electron chi connectivity index (χ4n) is 2.73. The first kappa shape index (κ1) is 17.0. The molecule has 1 aliphatic rings. The smallest absolute Gasteiger partial charge is 0.336 e. The molecule has 7 heteroatoms. The summed E-state index contributed by atoms with van der Waals surface area (Å²) in [6.07, 6.45) is -4.38. The lowest BCUT2D eigenvalue weighted by atomic mass is 10.1. The zero-order valence-electron chi connectivity index (χ0n) is 12.9. The van der Waals surface area contributed by atoms with Crippen LogP contribution in [0.5, 0.6) is 0 Å². The van der Waals surface area contributed by atoms with Crippen LogP contribution in [0.4, 0.5) is 13.2 Å². The number of hydrogen-bond donors (Lipinski definition) is 0. The van der Waals surface area contributed by atoms with Crippen molar-refractivity contribution in [3.05, 3.63) is 57.8 Å². The van der Waals surface area contributed by atoms with Crippen molar-refractivity contribution in [3.63, 3.8) is 0 Å². The molecule has 24 heavy (non-hydrogen) atoms. The van der Waals surface area contributed by atoms with Gasteiger partial charge in [-0.25, -0.2) is 0 Å². The Morgan fingerprint density at radius 3 is 2.25 bits per heavy atom. The Balaban J connectivity index is 1.57. The number of amides is 1. The van der Waals surface area contributed by atoms with Gasteiger partial charge in [0.05, 0.1) is 5.56 Å². The van der Waals surface area contributed by atoms with E-state index in [9.17, 15) is 18.0 Å². The van der Waals surface area contributed by atoms with Gasteiger partial charge >= 0.3 is 6.18 Å². The number of halogens is 3. The van der Waals surface area contributed by atoms with E-state index in [1.165, 1.54) is 17.7 Å². The molecule has 0 aliphatic carbocycles. The van der Waals surface area contributed by atoms with Gasteiger partial charge in [0.1, 0.15) is 0 Å². The molecule has 0 unspecified atom stereocenters. The van der Waals surface area contributed by atoms with Crippen LogP contribution < -0.4 is 0 Å². The minimum Gasteiger partial charge on any atom is -0.336 e. The van der Waals surface area contributed by atoms with E-state index >= 15 is 0 Å². The van der Waals surface area contributed by atoms with E-state index in [4.69, 9.17) is 0 Å². The van der Waals surface area contributed by atoms with Crippen LogP contribution in [0.1, 0.15) is 21.5 Å². The second-order valence-electron chi connectivity index (χ2n) is 5.78. The van der Waals surface area contributed by atoms with Gasteiger partial charge in [-0.15, -0.1) is 0 Å². The third-order valence-corrected chi connectivity index (χ3v) is 4.84. The molecule has 1 fully saturated rings. The molecular weight excluding hydrogens is 337 g/mol. The number of carbonyl (C=O) groups is 1. The van der Waals surface area contributed by atoms with Crippen molar-refractivity contribution in [1.82, 2.24) is 9.80 Å². The number of alkyl halides is 3. The van der Waals surface area contributed by atoms with Gasteiger partial charge in [-0.3, -0.25) is 9.69 Å². The molecule has 2 heterocycles. The van der Waals surface area contributed by atoms with Gasteiger partial charge in [0.15, 0.2) is 0 Å². The Morgan fingerprint density at radius 2 is 1.71 bits per heavy atom. The van der Waals surface area contributed by atoms with Crippen LogP contribution in [0.15, 0.2) is 41.1 Å². The number of rotatable bonds is 3. The number of nitrogens with zero attached hydrogens (tertiary/aromatic N) is 2. The topological polar surface area (TPSA) is 23.6 Å².